The number of rotatable bonds is 16. The SMILES string of the molecule is COC(=O)CSCCCCCC(C)C.COC(=O)CSCCCCCC(C)C.[Sn]. The van der Waals surface area contributed by atoms with Crippen LogP contribution in [0.5, 0.6) is 0 Å². The van der Waals surface area contributed by atoms with Gasteiger partial charge in [0.05, 0.1) is 25.7 Å². The first kappa shape index (κ1) is 34.1. The van der Waals surface area contributed by atoms with Crippen LogP contribution in [0.15, 0.2) is 0 Å². The van der Waals surface area contributed by atoms with Crippen LogP contribution in [0.3, 0.4) is 0 Å². The Balaban J connectivity index is -0.000000451. The smallest absolute Gasteiger partial charge is 0.315 e. The van der Waals surface area contributed by atoms with Crippen LogP contribution in [0.4, 0.5) is 0 Å². The molecule has 0 aromatic carbocycles. The zero-order valence-electron chi connectivity index (χ0n) is 19.6. The maximum absolute atomic E-state index is 10.7. The summed E-state index contributed by atoms with van der Waals surface area (Å²) in [5, 5.41) is 0. The van der Waals surface area contributed by atoms with Crippen LogP contribution in [0.2, 0.25) is 0 Å². The molecule has 0 aromatic heterocycles. The zero-order chi connectivity index (χ0) is 21.6. The predicted molar refractivity (Wildman–Crippen MR) is 131 cm³/mol. The molecule has 0 rings (SSSR count). The molecule has 4 nitrogen and oxygen atoms in total. The Morgan fingerprint density at radius 1 is 0.655 bits per heavy atom. The van der Waals surface area contributed by atoms with Crippen LogP contribution in [0.25, 0.3) is 0 Å². The van der Waals surface area contributed by atoms with Crippen molar-refractivity contribution in [1.29, 1.82) is 0 Å². The summed E-state index contributed by atoms with van der Waals surface area (Å²) in [5.74, 6) is 4.56. The molecule has 0 unspecified atom stereocenters. The summed E-state index contributed by atoms with van der Waals surface area (Å²) in [6.07, 6.45) is 10.3. The van der Waals surface area contributed by atoms with Gasteiger partial charge in [0.15, 0.2) is 0 Å². The van der Waals surface area contributed by atoms with Crippen LogP contribution in [-0.4, -0.2) is 73.1 Å². The molecular formula is C22H44O4S2Sn. The van der Waals surface area contributed by atoms with Gasteiger partial charge < -0.3 is 9.47 Å². The standard InChI is InChI=1S/2C11H22O2S.Sn/c2*1-10(2)7-5-4-6-8-14-9-11(12)13-3;/h2*10H,4-9H2,1-3H3;. The summed E-state index contributed by atoms with van der Waals surface area (Å²) in [6.45, 7) is 9.02. The van der Waals surface area contributed by atoms with Crippen molar-refractivity contribution in [2.75, 3.05) is 37.2 Å². The van der Waals surface area contributed by atoms with Crippen molar-refractivity contribution < 1.29 is 19.1 Å². The Morgan fingerprint density at radius 2 is 1.00 bits per heavy atom. The summed E-state index contributed by atoms with van der Waals surface area (Å²) < 4.78 is 9.10. The van der Waals surface area contributed by atoms with Gasteiger partial charge in [0.25, 0.3) is 0 Å². The van der Waals surface area contributed by atoms with Crippen molar-refractivity contribution in [3.05, 3.63) is 0 Å². The second-order valence-corrected chi connectivity index (χ2v) is 9.95. The van der Waals surface area contributed by atoms with Gasteiger partial charge >= 0.3 is 11.9 Å². The average Bonchev–Trinajstić information content (AvgIpc) is 2.66. The number of unbranched alkanes of at least 4 members (excludes halogenated alkanes) is 4. The first-order valence-corrected chi connectivity index (χ1v) is 12.9. The number of esters is 2. The molecule has 0 fully saturated rings. The minimum absolute atomic E-state index is 0. The molecule has 172 valence electrons. The zero-order valence-corrected chi connectivity index (χ0v) is 24.1. The van der Waals surface area contributed by atoms with E-state index < -0.39 is 0 Å². The van der Waals surface area contributed by atoms with Crippen molar-refractivity contribution >= 4 is 59.4 Å². The minimum atomic E-state index is -0.114. The molecule has 0 spiro atoms. The van der Waals surface area contributed by atoms with E-state index in [0.717, 1.165) is 23.3 Å². The van der Waals surface area contributed by atoms with Gasteiger partial charge in [-0.3, -0.25) is 9.59 Å². The summed E-state index contributed by atoms with van der Waals surface area (Å²) in [7, 11) is 2.87. The molecular weight excluding hydrogens is 511 g/mol. The second-order valence-electron chi connectivity index (χ2n) is 7.74. The number of thioether (sulfide) groups is 2. The number of carbonyl (C=O) groups is 2. The third-order valence-corrected chi connectivity index (χ3v) is 6.07. The molecule has 0 atom stereocenters. The van der Waals surface area contributed by atoms with E-state index in [2.05, 4.69) is 37.2 Å². The first-order valence-electron chi connectivity index (χ1n) is 10.6. The first-order chi connectivity index (χ1) is 13.3. The van der Waals surface area contributed by atoms with Crippen LogP contribution in [0, 0.1) is 11.8 Å². The second kappa shape index (κ2) is 26.5. The van der Waals surface area contributed by atoms with E-state index >= 15 is 0 Å². The van der Waals surface area contributed by atoms with Crippen LogP contribution in [-0.2, 0) is 19.1 Å². The third kappa shape index (κ3) is 33.3. The van der Waals surface area contributed by atoms with E-state index in [1.807, 2.05) is 0 Å². The van der Waals surface area contributed by atoms with E-state index in [1.54, 1.807) is 23.5 Å². The van der Waals surface area contributed by atoms with Gasteiger partial charge in [-0.15, -0.1) is 0 Å². The van der Waals surface area contributed by atoms with Crippen molar-refractivity contribution in [3.8, 4) is 0 Å². The monoisotopic (exact) mass is 556 g/mol. The third-order valence-electron chi connectivity index (χ3n) is 4.04. The predicted octanol–water partition coefficient (Wildman–Crippen LogP) is 5.84. The Kier molecular flexibility index (Phi) is 31.1. The summed E-state index contributed by atoms with van der Waals surface area (Å²) >= 11 is 3.34. The van der Waals surface area contributed by atoms with Gasteiger partial charge in [-0.05, 0) is 36.2 Å². The van der Waals surface area contributed by atoms with Gasteiger partial charge in [0.2, 0.25) is 0 Å². The molecule has 0 bridgehead atoms. The molecule has 0 saturated heterocycles. The number of hydrogen-bond donors (Lipinski definition) is 0. The molecule has 0 aromatic rings. The summed E-state index contributed by atoms with van der Waals surface area (Å²) in [4.78, 5) is 21.5. The largest absolute Gasteiger partial charge is 0.468 e. The number of ether oxygens (including phenoxy) is 2. The van der Waals surface area contributed by atoms with Crippen LogP contribution < -0.4 is 0 Å². The molecule has 0 amide bonds. The average molecular weight is 555 g/mol. The van der Waals surface area contributed by atoms with E-state index in [0.29, 0.717) is 11.5 Å². The fraction of sp³-hybridized carbons (Fsp3) is 0.909. The van der Waals surface area contributed by atoms with Crippen molar-refractivity contribution in [2.24, 2.45) is 11.8 Å². The van der Waals surface area contributed by atoms with Crippen molar-refractivity contribution in [3.63, 3.8) is 0 Å². The maximum Gasteiger partial charge on any atom is 0.315 e. The normalized spacial score (nSPS) is 10.2. The van der Waals surface area contributed by atoms with Gasteiger partial charge in [-0.1, -0.05) is 66.2 Å². The minimum Gasteiger partial charge on any atom is -0.468 e. The molecule has 0 aliphatic rings. The van der Waals surface area contributed by atoms with E-state index in [-0.39, 0.29) is 35.8 Å². The molecule has 0 aliphatic heterocycles. The van der Waals surface area contributed by atoms with Crippen LogP contribution >= 0.6 is 23.5 Å². The van der Waals surface area contributed by atoms with E-state index in [1.165, 1.54) is 65.6 Å². The Morgan fingerprint density at radius 3 is 1.28 bits per heavy atom. The molecule has 0 saturated carbocycles. The molecule has 7 heteroatoms. The van der Waals surface area contributed by atoms with Gasteiger partial charge in [-0.25, -0.2) is 0 Å². The summed E-state index contributed by atoms with van der Waals surface area (Å²) in [5.41, 5.74) is 0. The number of methoxy groups -OCH3 is 2. The van der Waals surface area contributed by atoms with Crippen molar-refractivity contribution in [2.45, 2.75) is 79.1 Å². The fourth-order valence-corrected chi connectivity index (χ4v) is 3.97. The van der Waals surface area contributed by atoms with Crippen LogP contribution in [0.1, 0.15) is 79.1 Å². The van der Waals surface area contributed by atoms with Gasteiger partial charge in [0, 0.05) is 23.9 Å². The molecule has 0 heterocycles. The Bertz CT molecular complexity index is 333. The maximum atomic E-state index is 10.7. The molecule has 4 radical (unpaired) electrons. The molecule has 29 heavy (non-hydrogen) atoms. The van der Waals surface area contributed by atoms with Gasteiger partial charge in [-0.2, -0.15) is 23.5 Å². The summed E-state index contributed by atoms with van der Waals surface area (Å²) in [6, 6.07) is 0. The quantitative estimate of drug-likeness (QED) is 0.136. The van der Waals surface area contributed by atoms with Crippen molar-refractivity contribution in [1.82, 2.24) is 0 Å². The molecule has 0 N–H and O–H groups in total. The van der Waals surface area contributed by atoms with E-state index in [4.69, 9.17) is 0 Å². The fourth-order valence-electron chi connectivity index (χ4n) is 2.30. The number of carbonyl (C=O) groups excluding carboxylic acids is 2. The Hall–Kier alpha value is 0.439. The Labute approximate surface area is 205 Å². The van der Waals surface area contributed by atoms with Gasteiger partial charge in [0.1, 0.15) is 0 Å². The topological polar surface area (TPSA) is 52.6 Å². The molecule has 0 aliphatic carbocycles. The van der Waals surface area contributed by atoms with E-state index in [9.17, 15) is 9.59 Å². The number of hydrogen-bond acceptors (Lipinski definition) is 6.